The van der Waals surface area contributed by atoms with Crippen molar-refractivity contribution in [2.45, 2.75) is 152 Å². The molecule has 4 N–H and O–H groups in total. The number of pyridine rings is 1. The van der Waals surface area contributed by atoms with E-state index in [1.807, 2.05) is 54.9 Å². The molecule has 26 heteroatoms. The molecule has 1 aromatic carbocycles. The van der Waals surface area contributed by atoms with Crippen LogP contribution in [0.25, 0.3) is 0 Å². The number of unbranched alkanes of at least 4 members (excludes halogenated alkanes) is 1. The minimum atomic E-state index is -4.82. The Kier molecular flexibility index (Phi) is 23.7. The molecule has 1 aromatic heterocycles. The Morgan fingerprint density at radius 2 is 1.63 bits per heavy atom. The van der Waals surface area contributed by atoms with Gasteiger partial charge >= 0.3 is 11.8 Å². The Morgan fingerprint density at radius 3 is 2.32 bits per heavy atom. The summed E-state index contributed by atoms with van der Waals surface area (Å²) in [6, 6.07) is 3.87. The van der Waals surface area contributed by atoms with Crippen LogP contribution in [0.1, 0.15) is 128 Å². The number of nitrogens with zero attached hydrogens (tertiary/aromatic N) is 4. The average Bonchev–Trinajstić information content (AvgIpc) is 1.99. The van der Waals surface area contributed by atoms with Crippen LogP contribution in [0.5, 0.6) is 0 Å². The highest BCUT2D eigenvalue weighted by molar-refractivity contribution is 9.10. The molecule has 4 aliphatic heterocycles. The van der Waals surface area contributed by atoms with Crippen molar-refractivity contribution < 1.29 is 78.3 Å². The lowest BCUT2D eigenvalue weighted by Crippen LogP contribution is -2.47. The number of amides is 5. The van der Waals surface area contributed by atoms with Crippen molar-refractivity contribution in [1.29, 1.82) is 0 Å². The standard InChI is InChI=1S/C56H76BrN7O16S2/c1-6-7-26-63-46-15-10-8-9-14-45-55(4,43-35-40(57)37-62(53(43)61-45)27-18-39(3)81(71,72)73)22-31-78-29-20-48(66)60-44(54(70)59-25-33-79-30-21-51(69)80-64-49(67)16-17-50(64)68)13-11-12-24-58-47(65)19-28-77-32-23-56(46,5)42-36-41(82(74,75)76)34-38(2)52(42)63/h8-10,14-15,34-37,39,44H,6-7,11-13,16-33H2,1-5H3,(H4-,58,59,60,65,66,70,71,72,73,74,75,76). The molecule has 0 saturated carbocycles. The Hall–Kier alpha value is -5.74. The highest BCUT2D eigenvalue weighted by Gasteiger charge is 2.47. The summed E-state index contributed by atoms with van der Waals surface area (Å²) in [5.74, 6) is -2.63. The Balaban J connectivity index is 1.23. The number of nitrogens with one attached hydrogen (secondary N) is 3. The van der Waals surface area contributed by atoms with Crippen LogP contribution in [0.3, 0.4) is 0 Å². The molecule has 5 heterocycles. The summed E-state index contributed by atoms with van der Waals surface area (Å²) in [6.07, 6.45) is 14.6. The van der Waals surface area contributed by atoms with E-state index in [4.69, 9.17) is 24.0 Å². The molecule has 4 atom stereocenters. The third kappa shape index (κ3) is 17.4. The number of aromatic nitrogens is 1. The minimum Gasteiger partial charge on any atom is -0.744 e. The van der Waals surface area contributed by atoms with E-state index in [-0.39, 0.29) is 115 Å². The summed E-state index contributed by atoms with van der Waals surface area (Å²) in [5, 5.41) is 7.85. The van der Waals surface area contributed by atoms with Crippen molar-refractivity contribution in [3.8, 4) is 0 Å². The first kappa shape index (κ1) is 65.4. The number of halogens is 1. The van der Waals surface area contributed by atoms with Crippen LogP contribution >= 0.6 is 15.9 Å². The fraction of sp³-hybridized carbons (Fsp3) is 0.571. The summed E-state index contributed by atoms with van der Waals surface area (Å²) in [5.41, 5.74) is 2.88. The topological polar surface area (TPSA) is 310 Å². The fourth-order valence-corrected chi connectivity index (χ4v) is 11.6. The molecule has 82 heavy (non-hydrogen) atoms. The maximum Gasteiger partial charge on any atom is 0.335 e. The third-order valence-electron chi connectivity index (χ3n) is 15.0. The number of benzene rings is 1. The van der Waals surface area contributed by atoms with E-state index in [0.29, 0.717) is 64.4 Å². The SMILES string of the molecule is CCCCN1\C2=C/C=C/C=C/C3=Nc4c(cc(Br)c[n+]4CCC(C)S(=O)(=O)O)C3(C)CCOCCC(=O)NC(C(=O)NCCOCCC(=O)ON3C(=O)CCC3=O)CCCCNC(=O)CCOCCC2(C)c2cc(S(=O)(=O)[O-])cc(C)c21. The summed E-state index contributed by atoms with van der Waals surface area (Å²) >= 11 is 3.64. The number of hydrogen-bond donors (Lipinski definition) is 4. The molecule has 1 fully saturated rings. The molecule has 0 spiro atoms. The first-order chi connectivity index (χ1) is 38.9. The van der Waals surface area contributed by atoms with Gasteiger partial charge < -0.3 is 44.5 Å². The maximum atomic E-state index is 13.5. The quantitative estimate of drug-likeness (QED) is 0.0740. The van der Waals surface area contributed by atoms with Crippen molar-refractivity contribution in [3.63, 3.8) is 0 Å². The predicted molar refractivity (Wildman–Crippen MR) is 304 cm³/mol. The van der Waals surface area contributed by atoms with Gasteiger partial charge in [0.25, 0.3) is 21.9 Å². The van der Waals surface area contributed by atoms with Gasteiger partial charge in [-0.1, -0.05) is 31.6 Å². The minimum absolute atomic E-state index is 0.00409. The smallest absolute Gasteiger partial charge is 0.335 e. The number of hydroxylamine groups is 2. The van der Waals surface area contributed by atoms with Gasteiger partial charge in [-0.25, -0.2) is 17.8 Å². The molecular weight excluding hydrogens is 1170 g/mol. The highest BCUT2D eigenvalue weighted by atomic mass is 79.9. The molecule has 1 saturated heterocycles. The lowest BCUT2D eigenvalue weighted by Gasteiger charge is -2.30. The number of aryl methyl sites for hydroxylation is 2. The second-order valence-electron chi connectivity index (χ2n) is 21.1. The van der Waals surface area contributed by atoms with Gasteiger partial charge in [-0.15, -0.1) is 5.06 Å². The van der Waals surface area contributed by atoms with Crippen LogP contribution < -0.4 is 25.4 Å². The van der Waals surface area contributed by atoms with Gasteiger partial charge in [0.2, 0.25) is 17.7 Å². The van der Waals surface area contributed by atoms with Gasteiger partial charge in [0.1, 0.15) is 22.4 Å². The molecular formula is C56H76BrN7O16S2. The highest BCUT2D eigenvalue weighted by Crippen LogP contribution is 2.52. The Labute approximate surface area is 488 Å². The third-order valence-corrected chi connectivity index (χ3v) is 17.5. The summed E-state index contributed by atoms with van der Waals surface area (Å²) in [6.45, 7) is 10.8. The molecule has 23 nitrogen and oxygen atoms in total. The van der Waals surface area contributed by atoms with Crippen molar-refractivity contribution in [1.82, 2.24) is 21.0 Å². The first-order valence-electron chi connectivity index (χ1n) is 27.7. The number of allylic oxidation sites excluding steroid dienone is 6. The molecule has 0 bridgehead atoms. The number of ether oxygens (including phenoxy) is 3. The molecule has 0 radical (unpaired) electrons. The lowest BCUT2D eigenvalue weighted by atomic mass is 9.77. The Bertz CT molecular complexity index is 3040. The van der Waals surface area contributed by atoms with Gasteiger partial charge in [-0.3, -0.25) is 28.5 Å². The van der Waals surface area contributed by atoms with Crippen LogP contribution in [0.4, 0.5) is 11.5 Å². The zero-order chi connectivity index (χ0) is 59.8. The van der Waals surface area contributed by atoms with E-state index < -0.39 is 72.0 Å². The van der Waals surface area contributed by atoms with E-state index >= 15 is 0 Å². The maximum absolute atomic E-state index is 13.5. The molecule has 2 aromatic rings. The number of rotatable bonds is 16. The van der Waals surface area contributed by atoms with E-state index in [1.54, 1.807) is 13.1 Å². The van der Waals surface area contributed by atoms with Gasteiger partial charge in [-0.2, -0.15) is 8.42 Å². The zero-order valence-corrected chi connectivity index (χ0v) is 50.4. The number of carbonyl (C=O) groups excluding carboxylic acids is 6. The number of fused-ring (bicyclic) bond motifs is 6. The molecule has 5 amide bonds. The number of hydrogen-bond acceptors (Lipinski definition) is 17. The van der Waals surface area contributed by atoms with Gasteiger partial charge in [0.05, 0.1) is 65.0 Å². The number of aliphatic imine (C=N–C) groups is 1. The second kappa shape index (κ2) is 29.7. The number of imide groups is 1. The summed E-state index contributed by atoms with van der Waals surface area (Å²) in [7, 11) is -9.11. The largest absolute Gasteiger partial charge is 0.744 e. The molecule has 450 valence electrons. The Morgan fingerprint density at radius 1 is 0.939 bits per heavy atom. The molecule has 4 unspecified atom stereocenters. The van der Waals surface area contributed by atoms with E-state index in [0.717, 1.165) is 29.8 Å². The molecule has 4 aliphatic rings. The normalized spacial score (nSPS) is 23.8. The number of anilines is 1. The monoisotopic (exact) mass is 1250 g/mol. The van der Waals surface area contributed by atoms with Crippen LogP contribution in [0.15, 0.2) is 74.8 Å². The average molecular weight is 1250 g/mol. The fourth-order valence-electron chi connectivity index (χ4n) is 10.1. The van der Waals surface area contributed by atoms with E-state index in [1.165, 1.54) is 19.1 Å². The van der Waals surface area contributed by atoms with Crippen molar-refractivity contribution >= 4 is 88.9 Å². The lowest BCUT2D eigenvalue weighted by molar-refractivity contribution is -0.685. The first-order valence-corrected chi connectivity index (χ1v) is 31.4. The van der Waals surface area contributed by atoms with Crippen molar-refractivity contribution in [2.75, 3.05) is 64.2 Å². The van der Waals surface area contributed by atoms with Gasteiger partial charge in [-0.05, 0) is 129 Å². The van der Waals surface area contributed by atoms with Crippen LogP contribution in [0.2, 0.25) is 0 Å². The van der Waals surface area contributed by atoms with Crippen molar-refractivity contribution in [3.05, 3.63) is 81.6 Å². The molecule has 6 rings (SSSR count). The zero-order valence-electron chi connectivity index (χ0n) is 47.2. The van der Waals surface area contributed by atoms with Crippen LogP contribution in [-0.4, -0.2) is 143 Å². The van der Waals surface area contributed by atoms with Crippen LogP contribution in [0, 0.1) is 6.92 Å². The van der Waals surface area contributed by atoms with Crippen molar-refractivity contribution in [2.24, 2.45) is 4.99 Å². The predicted octanol–water partition coefficient (Wildman–Crippen LogP) is 5.04. The van der Waals surface area contributed by atoms with E-state index in [2.05, 4.69) is 43.7 Å². The molecule has 0 aliphatic carbocycles. The van der Waals surface area contributed by atoms with Gasteiger partial charge in [0, 0.05) is 81.8 Å². The summed E-state index contributed by atoms with van der Waals surface area (Å²) < 4.78 is 91.5. The van der Waals surface area contributed by atoms with Crippen LogP contribution in [-0.2, 0) is 85.4 Å². The van der Waals surface area contributed by atoms with E-state index in [9.17, 15) is 54.7 Å². The summed E-state index contributed by atoms with van der Waals surface area (Å²) in [4.78, 5) is 87.4. The number of carbonyl (C=O) groups is 6. The second-order valence-corrected chi connectivity index (χ2v) is 25.3. The van der Waals surface area contributed by atoms with Gasteiger partial charge in [0.15, 0.2) is 5.71 Å².